The van der Waals surface area contributed by atoms with Gasteiger partial charge in [-0.05, 0) is 60.4 Å². The first-order valence-electron chi connectivity index (χ1n) is 12.4. The molecule has 4 heteroatoms. The summed E-state index contributed by atoms with van der Waals surface area (Å²) in [6.07, 6.45) is 3.94. The van der Waals surface area contributed by atoms with Crippen LogP contribution in [0.15, 0.2) is 48.5 Å². The van der Waals surface area contributed by atoms with E-state index in [4.69, 9.17) is 9.47 Å². The van der Waals surface area contributed by atoms with Crippen LogP contribution in [0.4, 0.5) is 0 Å². The molecule has 0 radical (unpaired) electrons. The Bertz CT molecular complexity index is 851. The molecule has 0 heterocycles. The quantitative estimate of drug-likeness (QED) is 0.372. The molecule has 2 nitrogen and oxygen atoms in total. The van der Waals surface area contributed by atoms with Crippen LogP contribution < -0.4 is 20.1 Å². The van der Waals surface area contributed by atoms with Crippen LogP contribution in [0.1, 0.15) is 67.7 Å². The molecule has 0 bridgehead atoms. The molecule has 0 amide bonds. The maximum Gasteiger partial charge on any atom is 0.126 e. The molecular formula is C29H44O2P2. The van der Waals surface area contributed by atoms with E-state index in [9.17, 15) is 0 Å². The molecule has 0 spiro atoms. The first-order chi connectivity index (χ1) is 15.5. The summed E-state index contributed by atoms with van der Waals surface area (Å²) in [5, 5.41) is 3.38. The summed E-state index contributed by atoms with van der Waals surface area (Å²) >= 11 is 0. The molecule has 0 aliphatic heterocycles. The van der Waals surface area contributed by atoms with Crippen LogP contribution in [0, 0.1) is 5.92 Å². The number of rotatable bonds is 7. The zero-order valence-electron chi connectivity index (χ0n) is 22.2. The lowest BCUT2D eigenvalue weighted by atomic mass is 10.0. The second-order valence-electron chi connectivity index (χ2n) is 11.3. The highest BCUT2D eigenvalue weighted by Crippen LogP contribution is 2.67. The highest BCUT2D eigenvalue weighted by atomic mass is 31.1. The minimum absolute atomic E-state index is 0.179. The second-order valence-corrected chi connectivity index (χ2v) is 17.9. The van der Waals surface area contributed by atoms with Gasteiger partial charge in [0.15, 0.2) is 0 Å². The number of hydrogen-bond acceptors (Lipinski definition) is 2. The van der Waals surface area contributed by atoms with E-state index in [1.54, 1.807) is 0 Å². The third kappa shape index (κ3) is 5.77. The lowest BCUT2D eigenvalue weighted by molar-refractivity contribution is 0.417. The highest BCUT2D eigenvalue weighted by Gasteiger charge is 2.46. The van der Waals surface area contributed by atoms with Gasteiger partial charge in [0.2, 0.25) is 0 Å². The van der Waals surface area contributed by atoms with Gasteiger partial charge < -0.3 is 9.47 Å². The van der Waals surface area contributed by atoms with Crippen molar-refractivity contribution in [3.63, 3.8) is 0 Å². The fraction of sp³-hybridized carbons (Fsp3) is 0.586. The number of para-hydroxylation sites is 2. The average Bonchev–Trinajstić information content (AvgIpc) is 3.22. The summed E-state index contributed by atoms with van der Waals surface area (Å²) < 4.78 is 11.8. The van der Waals surface area contributed by atoms with Gasteiger partial charge in [-0.25, -0.2) is 0 Å². The zero-order chi connectivity index (χ0) is 24.4. The SMILES string of the molecule is COc1ccccc1P(c1ccccc1OC)C1CCCC1[C@@H](C)P(C(C)(C)C)C(C)(C)C. The van der Waals surface area contributed by atoms with Crippen LogP contribution in [0.5, 0.6) is 11.5 Å². The van der Waals surface area contributed by atoms with Gasteiger partial charge >= 0.3 is 0 Å². The largest absolute Gasteiger partial charge is 0.496 e. The van der Waals surface area contributed by atoms with Crippen LogP contribution in [-0.4, -0.2) is 35.8 Å². The standard InChI is InChI=1S/C29H44O2P2/c1-21(33(28(2,3)4)29(5,6)7)22-15-14-20-25(22)32(26-18-12-10-16-23(26)30-8)27-19-13-11-17-24(27)31-9/h10-13,16-19,21-22,25H,14-15,20H2,1-9H3/t21-,22?,25?/m1/s1. The summed E-state index contributed by atoms with van der Waals surface area (Å²) in [6.45, 7) is 17.4. The van der Waals surface area contributed by atoms with E-state index >= 15 is 0 Å². The van der Waals surface area contributed by atoms with E-state index in [1.165, 1.54) is 29.9 Å². The summed E-state index contributed by atoms with van der Waals surface area (Å²) in [4.78, 5) is 0. The van der Waals surface area contributed by atoms with E-state index in [-0.39, 0.29) is 7.92 Å². The maximum absolute atomic E-state index is 5.91. The molecular weight excluding hydrogens is 442 g/mol. The van der Waals surface area contributed by atoms with Crippen molar-refractivity contribution < 1.29 is 9.47 Å². The van der Waals surface area contributed by atoms with Gasteiger partial charge in [-0.15, -0.1) is 0 Å². The Hall–Kier alpha value is -1.10. The number of methoxy groups -OCH3 is 2. The van der Waals surface area contributed by atoms with E-state index in [0.29, 0.717) is 21.6 Å². The average molecular weight is 487 g/mol. The van der Waals surface area contributed by atoms with E-state index < -0.39 is 7.92 Å². The summed E-state index contributed by atoms with van der Waals surface area (Å²) in [6, 6.07) is 17.4. The molecule has 2 aromatic rings. The Kier molecular flexibility index (Phi) is 8.56. The van der Waals surface area contributed by atoms with Gasteiger partial charge in [-0.2, -0.15) is 0 Å². The molecule has 33 heavy (non-hydrogen) atoms. The van der Waals surface area contributed by atoms with E-state index in [0.717, 1.165) is 17.4 Å². The molecule has 1 aliphatic rings. The van der Waals surface area contributed by atoms with Crippen molar-refractivity contribution in [3.8, 4) is 11.5 Å². The maximum atomic E-state index is 5.91. The van der Waals surface area contributed by atoms with Gasteiger partial charge in [0.25, 0.3) is 0 Å². The van der Waals surface area contributed by atoms with Crippen molar-refractivity contribution in [2.75, 3.05) is 14.2 Å². The van der Waals surface area contributed by atoms with Crippen molar-refractivity contribution in [2.24, 2.45) is 5.92 Å². The van der Waals surface area contributed by atoms with Crippen molar-refractivity contribution in [1.82, 2.24) is 0 Å². The van der Waals surface area contributed by atoms with Crippen LogP contribution in [0.25, 0.3) is 0 Å². The second kappa shape index (κ2) is 10.7. The monoisotopic (exact) mass is 486 g/mol. The fourth-order valence-corrected chi connectivity index (χ4v) is 15.3. The van der Waals surface area contributed by atoms with Crippen molar-refractivity contribution in [2.45, 2.75) is 89.4 Å². The minimum atomic E-state index is -0.613. The smallest absolute Gasteiger partial charge is 0.126 e. The van der Waals surface area contributed by atoms with Crippen LogP contribution in [0.3, 0.4) is 0 Å². The summed E-state index contributed by atoms with van der Waals surface area (Å²) in [5.41, 5.74) is 1.35. The predicted molar refractivity (Wildman–Crippen MR) is 149 cm³/mol. The number of benzene rings is 2. The van der Waals surface area contributed by atoms with Crippen LogP contribution in [0.2, 0.25) is 0 Å². The predicted octanol–water partition coefficient (Wildman–Crippen LogP) is 7.77. The van der Waals surface area contributed by atoms with Gasteiger partial charge in [-0.1, -0.05) is 99.2 Å². The lowest BCUT2D eigenvalue weighted by Gasteiger charge is -2.49. The Morgan fingerprint density at radius 1 is 0.758 bits per heavy atom. The highest BCUT2D eigenvalue weighted by molar-refractivity contribution is 7.74. The Balaban J connectivity index is 2.14. The topological polar surface area (TPSA) is 18.5 Å². The molecule has 1 saturated carbocycles. The van der Waals surface area contributed by atoms with Gasteiger partial charge in [0, 0.05) is 10.6 Å². The number of hydrogen-bond donors (Lipinski definition) is 0. The Labute approximate surface area is 205 Å². The third-order valence-corrected chi connectivity index (χ3v) is 14.2. The number of ether oxygens (including phenoxy) is 2. The Morgan fingerprint density at radius 2 is 1.21 bits per heavy atom. The van der Waals surface area contributed by atoms with Gasteiger partial charge in [-0.3, -0.25) is 0 Å². The van der Waals surface area contributed by atoms with Crippen molar-refractivity contribution in [3.05, 3.63) is 48.5 Å². The van der Waals surface area contributed by atoms with Crippen LogP contribution >= 0.6 is 15.8 Å². The minimum Gasteiger partial charge on any atom is -0.496 e. The molecule has 1 fully saturated rings. The van der Waals surface area contributed by atoms with E-state index in [2.05, 4.69) is 97.0 Å². The van der Waals surface area contributed by atoms with Crippen molar-refractivity contribution >= 4 is 26.5 Å². The molecule has 0 N–H and O–H groups in total. The first kappa shape index (κ1) is 26.5. The fourth-order valence-electron chi connectivity index (χ4n) is 6.42. The summed E-state index contributed by atoms with van der Waals surface area (Å²) in [7, 11) is 2.82. The van der Waals surface area contributed by atoms with Crippen LogP contribution in [-0.2, 0) is 0 Å². The molecule has 182 valence electrons. The first-order valence-corrected chi connectivity index (χ1v) is 15.2. The molecule has 0 aromatic heterocycles. The molecule has 3 atom stereocenters. The molecule has 1 aliphatic carbocycles. The normalized spacial score (nSPS) is 20.3. The lowest BCUT2D eigenvalue weighted by Crippen LogP contribution is -2.37. The molecule has 2 aromatic carbocycles. The summed E-state index contributed by atoms with van der Waals surface area (Å²) in [5.74, 6) is 2.75. The third-order valence-electron chi connectivity index (χ3n) is 7.02. The van der Waals surface area contributed by atoms with Crippen molar-refractivity contribution in [1.29, 1.82) is 0 Å². The van der Waals surface area contributed by atoms with Gasteiger partial charge in [0.05, 0.1) is 14.2 Å². The Morgan fingerprint density at radius 3 is 1.64 bits per heavy atom. The molecule has 2 unspecified atom stereocenters. The zero-order valence-corrected chi connectivity index (χ0v) is 24.0. The molecule has 0 saturated heterocycles. The van der Waals surface area contributed by atoms with Gasteiger partial charge in [0.1, 0.15) is 11.5 Å². The molecule has 3 rings (SSSR count). The van der Waals surface area contributed by atoms with E-state index in [1.807, 2.05) is 14.2 Å².